The molecule has 4 rings (SSSR count). The Morgan fingerprint density at radius 2 is 1.80 bits per heavy atom. The minimum Gasteiger partial charge on any atom is -0.378 e. The minimum absolute atomic E-state index is 0.0295. The summed E-state index contributed by atoms with van der Waals surface area (Å²) in [5, 5.41) is 15.7. The maximum absolute atomic E-state index is 13.6. The summed E-state index contributed by atoms with van der Waals surface area (Å²) in [6, 6.07) is 15.2. The van der Waals surface area contributed by atoms with Gasteiger partial charge in [-0.05, 0) is 67.4 Å². The van der Waals surface area contributed by atoms with Crippen LogP contribution in [0.3, 0.4) is 0 Å². The first-order valence-corrected chi connectivity index (χ1v) is 14.2. The van der Waals surface area contributed by atoms with E-state index in [4.69, 9.17) is 16.3 Å². The Hall–Kier alpha value is -4.00. The summed E-state index contributed by atoms with van der Waals surface area (Å²) in [6.45, 7) is 5.41. The molecular weight excluding hydrogens is 558 g/mol. The van der Waals surface area contributed by atoms with Gasteiger partial charge in [0, 0.05) is 41.5 Å². The highest BCUT2D eigenvalue weighted by Crippen LogP contribution is 2.27. The number of rotatable bonds is 9. The van der Waals surface area contributed by atoms with Crippen molar-refractivity contribution in [3.8, 4) is 0 Å². The number of nitrogens with one attached hydrogen (secondary N) is 1. The lowest BCUT2D eigenvalue weighted by Gasteiger charge is -2.29. The molecule has 1 heterocycles. The Balaban J connectivity index is 1.59. The van der Waals surface area contributed by atoms with Gasteiger partial charge in [-0.1, -0.05) is 17.7 Å². The molecule has 3 aromatic carbocycles. The number of amides is 1. The summed E-state index contributed by atoms with van der Waals surface area (Å²) in [6.07, 6.45) is 1.31. The number of nitro groups is 1. The standard InChI is InChI=1S/C27H28ClN5O6S/c1-19-3-6-23(15-20(19)2)32(40(37,38)25-8-4-22(28)5-9-25)18-27(34)30-29-17-21-16-24(33(35)36)7-10-26(21)31-11-13-39-14-12-31/h3-10,15-17H,11-14,18H2,1-2H3,(H,30,34)/b29-17-. The summed E-state index contributed by atoms with van der Waals surface area (Å²) < 4.78 is 33.5. The number of nitro benzene ring substituents is 1. The number of benzene rings is 3. The van der Waals surface area contributed by atoms with Crippen LogP contribution < -0.4 is 14.6 Å². The molecule has 13 heteroatoms. The lowest BCUT2D eigenvalue weighted by molar-refractivity contribution is -0.384. The Labute approximate surface area is 237 Å². The van der Waals surface area contributed by atoms with E-state index in [-0.39, 0.29) is 10.6 Å². The number of carbonyl (C=O) groups excluding carboxylic acids is 1. The number of nitrogens with zero attached hydrogens (tertiary/aromatic N) is 4. The fourth-order valence-electron chi connectivity index (χ4n) is 4.12. The molecule has 0 aromatic heterocycles. The van der Waals surface area contributed by atoms with Crippen molar-refractivity contribution >= 4 is 50.8 Å². The van der Waals surface area contributed by atoms with Crippen molar-refractivity contribution < 1.29 is 22.9 Å². The molecule has 1 saturated heterocycles. The number of ether oxygens (including phenoxy) is 1. The summed E-state index contributed by atoms with van der Waals surface area (Å²) in [5.74, 6) is -0.703. The minimum atomic E-state index is -4.14. The average molecular weight is 586 g/mol. The molecule has 0 saturated carbocycles. The van der Waals surface area contributed by atoms with Gasteiger partial charge in [0.25, 0.3) is 21.6 Å². The molecule has 40 heavy (non-hydrogen) atoms. The lowest BCUT2D eigenvalue weighted by atomic mass is 10.1. The fraction of sp³-hybridized carbons (Fsp3) is 0.259. The number of sulfonamides is 1. The van der Waals surface area contributed by atoms with Gasteiger partial charge in [-0.3, -0.25) is 19.2 Å². The number of halogens is 1. The van der Waals surface area contributed by atoms with Crippen molar-refractivity contribution in [3.63, 3.8) is 0 Å². The number of anilines is 2. The van der Waals surface area contributed by atoms with Gasteiger partial charge in [0.1, 0.15) is 6.54 Å². The van der Waals surface area contributed by atoms with E-state index < -0.39 is 27.4 Å². The number of hydrazone groups is 1. The molecule has 1 aliphatic heterocycles. The van der Waals surface area contributed by atoms with Crippen molar-refractivity contribution in [1.29, 1.82) is 0 Å². The van der Waals surface area contributed by atoms with Gasteiger partial charge < -0.3 is 9.64 Å². The van der Waals surface area contributed by atoms with Crippen molar-refractivity contribution in [3.05, 3.63) is 92.5 Å². The highest BCUT2D eigenvalue weighted by molar-refractivity contribution is 7.92. The van der Waals surface area contributed by atoms with Gasteiger partial charge in [0.2, 0.25) is 0 Å². The van der Waals surface area contributed by atoms with Gasteiger partial charge in [-0.15, -0.1) is 0 Å². The van der Waals surface area contributed by atoms with E-state index in [1.165, 1.54) is 42.6 Å². The summed E-state index contributed by atoms with van der Waals surface area (Å²) >= 11 is 5.94. The monoisotopic (exact) mass is 585 g/mol. The zero-order valence-electron chi connectivity index (χ0n) is 21.9. The third-order valence-corrected chi connectivity index (χ3v) is 8.47. The fourth-order valence-corrected chi connectivity index (χ4v) is 5.66. The second-order valence-corrected chi connectivity index (χ2v) is 11.4. The van der Waals surface area contributed by atoms with Crippen LogP contribution in [0.2, 0.25) is 5.02 Å². The number of non-ortho nitro benzene ring substituents is 1. The van der Waals surface area contributed by atoms with E-state index in [9.17, 15) is 23.3 Å². The van der Waals surface area contributed by atoms with Gasteiger partial charge in [-0.25, -0.2) is 13.8 Å². The maximum Gasteiger partial charge on any atom is 0.270 e. The second-order valence-electron chi connectivity index (χ2n) is 9.13. The average Bonchev–Trinajstić information content (AvgIpc) is 2.94. The van der Waals surface area contributed by atoms with Crippen molar-refractivity contribution in [2.75, 3.05) is 42.1 Å². The van der Waals surface area contributed by atoms with E-state index in [2.05, 4.69) is 10.5 Å². The van der Waals surface area contributed by atoms with Crippen molar-refractivity contribution in [1.82, 2.24) is 5.43 Å². The molecule has 1 N–H and O–H groups in total. The molecule has 1 amide bonds. The molecule has 3 aromatic rings. The van der Waals surface area contributed by atoms with Crippen LogP contribution in [0.25, 0.3) is 0 Å². The van der Waals surface area contributed by atoms with Gasteiger partial charge in [-0.2, -0.15) is 5.10 Å². The highest BCUT2D eigenvalue weighted by Gasteiger charge is 2.27. The van der Waals surface area contributed by atoms with E-state index in [1.54, 1.807) is 24.3 Å². The number of hydrogen-bond acceptors (Lipinski definition) is 8. The molecule has 0 aliphatic carbocycles. The van der Waals surface area contributed by atoms with Gasteiger partial charge in [0.05, 0.1) is 34.9 Å². The quantitative estimate of drug-likeness (QED) is 0.227. The highest BCUT2D eigenvalue weighted by atomic mass is 35.5. The zero-order valence-corrected chi connectivity index (χ0v) is 23.5. The maximum atomic E-state index is 13.6. The number of carbonyl (C=O) groups is 1. The van der Waals surface area contributed by atoms with Crippen molar-refractivity contribution in [2.45, 2.75) is 18.7 Å². The SMILES string of the molecule is Cc1ccc(N(CC(=O)N/N=C\c2cc([N+](=O)[O-])ccc2N2CCOCC2)S(=O)(=O)c2ccc(Cl)cc2)cc1C. The largest absolute Gasteiger partial charge is 0.378 e. The Kier molecular flexibility index (Phi) is 9.03. The molecule has 0 bridgehead atoms. The topological polar surface area (TPSA) is 134 Å². The molecule has 11 nitrogen and oxygen atoms in total. The van der Waals surface area contributed by atoms with Crippen LogP contribution in [-0.2, 0) is 19.6 Å². The third-order valence-electron chi connectivity index (χ3n) is 6.43. The first-order chi connectivity index (χ1) is 19.1. The Bertz CT molecular complexity index is 1540. The van der Waals surface area contributed by atoms with Crippen LogP contribution in [0, 0.1) is 24.0 Å². The smallest absolute Gasteiger partial charge is 0.270 e. The molecule has 0 radical (unpaired) electrons. The molecule has 0 unspecified atom stereocenters. The second kappa shape index (κ2) is 12.5. The zero-order chi connectivity index (χ0) is 28.9. The predicted molar refractivity (Wildman–Crippen MR) is 154 cm³/mol. The summed E-state index contributed by atoms with van der Waals surface area (Å²) in [7, 11) is -4.14. The van der Waals surface area contributed by atoms with Crippen LogP contribution in [0.1, 0.15) is 16.7 Å². The summed E-state index contributed by atoms with van der Waals surface area (Å²) in [4.78, 5) is 25.8. The van der Waals surface area contributed by atoms with E-state index in [0.29, 0.717) is 48.3 Å². The van der Waals surface area contributed by atoms with Crippen LogP contribution in [-0.4, -0.2) is 58.3 Å². The van der Waals surface area contributed by atoms with Crippen LogP contribution in [0.15, 0.2) is 70.7 Å². The number of aryl methyl sites for hydroxylation is 2. The first-order valence-electron chi connectivity index (χ1n) is 12.3. The lowest BCUT2D eigenvalue weighted by Crippen LogP contribution is -2.39. The molecular formula is C27H28ClN5O6S. The molecule has 0 spiro atoms. The Morgan fingerprint density at radius 3 is 2.45 bits per heavy atom. The number of hydrogen-bond donors (Lipinski definition) is 1. The van der Waals surface area contributed by atoms with E-state index in [1.807, 2.05) is 18.7 Å². The van der Waals surface area contributed by atoms with E-state index >= 15 is 0 Å². The van der Waals surface area contributed by atoms with Gasteiger partial charge >= 0.3 is 0 Å². The summed E-state index contributed by atoms with van der Waals surface area (Å²) in [5.41, 5.74) is 5.50. The van der Waals surface area contributed by atoms with Gasteiger partial charge in [0.15, 0.2) is 0 Å². The first kappa shape index (κ1) is 29.0. The molecule has 0 atom stereocenters. The molecule has 1 aliphatic rings. The molecule has 1 fully saturated rings. The third kappa shape index (κ3) is 6.76. The Morgan fingerprint density at radius 1 is 1.10 bits per heavy atom. The van der Waals surface area contributed by atoms with E-state index in [0.717, 1.165) is 15.4 Å². The van der Waals surface area contributed by atoms with Crippen molar-refractivity contribution in [2.24, 2.45) is 5.10 Å². The predicted octanol–water partition coefficient (Wildman–Crippen LogP) is 4.05. The van der Waals surface area contributed by atoms with Crippen LogP contribution in [0.4, 0.5) is 17.1 Å². The molecule has 210 valence electrons. The normalized spacial score (nSPS) is 13.8. The number of morpholine rings is 1. The van der Waals surface area contributed by atoms with Crippen LogP contribution >= 0.6 is 11.6 Å². The van der Waals surface area contributed by atoms with Crippen LogP contribution in [0.5, 0.6) is 0 Å².